The van der Waals surface area contributed by atoms with Crippen LogP contribution in [0.3, 0.4) is 0 Å². The van der Waals surface area contributed by atoms with Crippen LogP contribution in [-0.2, 0) is 11.4 Å². The van der Waals surface area contributed by atoms with Crippen molar-refractivity contribution in [2.75, 3.05) is 0 Å². The molecule has 0 radical (unpaired) electrons. The molecule has 0 aromatic heterocycles. The fourth-order valence-corrected chi connectivity index (χ4v) is 1.85. The second-order valence-electron chi connectivity index (χ2n) is 4.08. The predicted octanol–water partition coefficient (Wildman–Crippen LogP) is 2.90. The number of carbonyl (C=O) groups is 1. The van der Waals surface area contributed by atoms with E-state index in [1.165, 1.54) is 6.07 Å². The Kier molecular flexibility index (Phi) is 4.78. The van der Waals surface area contributed by atoms with Crippen LogP contribution in [0.4, 0.5) is 0 Å². The minimum Gasteiger partial charge on any atom is -0.423 e. The molecule has 2 aromatic rings. The van der Waals surface area contributed by atoms with Gasteiger partial charge in [0.1, 0.15) is 12.4 Å². The normalized spacial score (nSPS) is 9.95. The maximum absolute atomic E-state index is 11.9. The summed E-state index contributed by atoms with van der Waals surface area (Å²) >= 11 is 4.15. The van der Waals surface area contributed by atoms with Gasteiger partial charge in [0, 0.05) is 4.90 Å². The number of ether oxygens (including phenoxy) is 1. The molecule has 0 aliphatic heterocycles. The number of benzene rings is 2. The second-order valence-corrected chi connectivity index (χ2v) is 4.60. The summed E-state index contributed by atoms with van der Waals surface area (Å²) in [5, 5.41) is 9.26. The van der Waals surface area contributed by atoms with Crippen molar-refractivity contribution in [3.63, 3.8) is 0 Å². The van der Waals surface area contributed by atoms with Gasteiger partial charge in [-0.3, -0.25) is 0 Å². The zero-order valence-electron chi connectivity index (χ0n) is 10.8. The summed E-state index contributed by atoms with van der Waals surface area (Å²) in [6.45, 7) is -0.204. The van der Waals surface area contributed by atoms with Crippen LogP contribution < -0.4 is 4.74 Å². The standard InChI is InChI=1S/C14H11NO5S/c16-14(11-4-2-6-13(21)8-11)20-12-5-1-3-10(7-12)9-19-15(17)18/h1-8,21H,9H2. The summed E-state index contributed by atoms with van der Waals surface area (Å²) in [7, 11) is 0. The van der Waals surface area contributed by atoms with Crippen LogP contribution in [-0.4, -0.2) is 11.1 Å². The van der Waals surface area contributed by atoms with E-state index in [-0.39, 0.29) is 12.4 Å². The molecular weight excluding hydrogens is 294 g/mol. The Hall–Kier alpha value is -2.54. The number of hydrogen-bond acceptors (Lipinski definition) is 6. The van der Waals surface area contributed by atoms with Crippen molar-refractivity contribution in [1.82, 2.24) is 0 Å². The van der Waals surface area contributed by atoms with Gasteiger partial charge < -0.3 is 9.57 Å². The molecule has 6 nitrogen and oxygen atoms in total. The maximum atomic E-state index is 11.9. The Balaban J connectivity index is 2.07. The average Bonchev–Trinajstić information content (AvgIpc) is 2.45. The highest BCUT2D eigenvalue weighted by molar-refractivity contribution is 7.80. The van der Waals surface area contributed by atoms with Crippen LogP contribution in [0.5, 0.6) is 5.75 Å². The molecule has 0 amide bonds. The van der Waals surface area contributed by atoms with E-state index in [1.807, 2.05) is 0 Å². The third-order valence-electron chi connectivity index (χ3n) is 2.53. The van der Waals surface area contributed by atoms with Gasteiger partial charge in [0.2, 0.25) is 0 Å². The fraction of sp³-hybridized carbons (Fsp3) is 0.0714. The molecule has 0 bridgehead atoms. The molecule has 0 atom stereocenters. The van der Waals surface area contributed by atoms with Gasteiger partial charge in [0.25, 0.3) is 5.09 Å². The summed E-state index contributed by atoms with van der Waals surface area (Å²) in [5.74, 6) is -0.243. The van der Waals surface area contributed by atoms with Crippen molar-refractivity contribution in [2.45, 2.75) is 11.5 Å². The van der Waals surface area contributed by atoms with Gasteiger partial charge >= 0.3 is 5.97 Å². The number of carbonyl (C=O) groups excluding carboxylic acids is 1. The van der Waals surface area contributed by atoms with Crippen molar-refractivity contribution in [3.8, 4) is 5.75 Å². The molecule has 0 heterocycles. The largest absolute Gasteiger partial charge is 0.423 e. The molecular formula is C14H11NO5S. The SMILES string of the molecule is O=C(Oc1cccc(CO[N+](=O)[O-])c1)c1cccc(S)c1. The number of esters is 1. The van der Waals surface area contributed by atoms with E-state index in [2.05, 4.69) is 17.5 Å². The number of nitrogens with zero attached hydrogens (tertiary/aromatic N) is 1. The number of hydrogen-bond donors (Lipinski definition) is 1. The van der Waals surface area contributed by atoms with Crippen LogP contribution in [0.1, 0.15) is 15.9 Å². The highest BCUT2D eigenvalue weighted by atomic mass is 32.1. The molecule has 0 saturated carbocycles. The first kappa shape index (κ1) is 14.9. The highest BCUT2D eigenvalue weighted by Crippen LogP contribution is 2.17. The van der Waals surface area contributed by atoms with Gasteiger partial charge in [-0.2, -0.15) is 0 Å². The zero-order chi connectivity index (χ0) is 15.2. The number of rotatable bonds is 5. The summed E-state index contributed by atoms with van der Waals surface area (Å²) < 4.78 is 5.20. The smallest absolute Gasteiger partial charge is 0.343 e. The third kappa shape index (κ3) is 4.50. The lowest BCUT2D eigenvalue weighted by molar-refractivity contribution is -0.763. The molecule has 21 heavy (non-hydrogen) atoms. The van der Waals surface area contributed by atoms with Gasteiger partial charge in [-0.25, -0.2) is 4.79 Å². The van der Waals surface area contributed by atoms with E-state index >= 15 is 0 Å². The Morgan fingerprint density at radius 1 is 1.19 bits per heavy atom. The van der Waals surface area contributed by atoms with Gasteiger partial charge in [0.05, 0.1) is 5.56 Å². The first-order chi connectivity index (χ1) is 10.0. The molecule has 2 rings (SSSR count). The second kappa shape index (κ2) is 6.76. The van der Waals surface area contributed by atoms with Crippen molar-refractivity contribution in [1.29, 1.82) is 0 Å². The van der Waals surface area contributed by atoms with Crippen LogP contribution in [0.2, 0.25) is 0 Å². The molecule has 0 unspecified atom stereocenters. The summed E-state index contributed by atoms with van der Waals surface area (Å²) in [6.07, 6.45) is 0. The Labute approximate surface area is 125 Å². The lowest BCUT2D eigenvalue weighted by Crippen LogP contribution is -2.08. The molecule has 0 aliphatic carbocycles. The zero-order valence-corrected chi connectivity index (χ0v) is 11.7. The van der Waals surface area contributed by atoms with E-state index in [9.17, 15) is 14.9 Å². The van der Waals surface area contributed by atoms with Crippen molar-refractivity contribution < 1.29 is 19.5 Å². The predicted molar refractivity (Wildman–Crippen MR) is 76.9 cm³/mol. The molecule has 0 spiro atoms. The van der Waals surface area contributed by atoms with E-state index in [4.69, 9.17) is 4.74 Å². The van der Waals surface area contributed by atoms with Crippen LogP contribution >= 0.6 is 12.6 Å². The van der Waals surface area contributed by atoms with E-state index in [0.29, 0.717) is 16.0 Å². The van der Waals surface area contributed by atoms with E-state index in [0.717, 1.165) is 0 Å². The minimum atomic E-state index is -0.878. The van der Waals surface area contributed by atoms with Crippen molar-refractivity contribution >= 4 is 18.6 Å². The molecule has 0 aliphatic rings. The molecule has 0 fully saturated rings. The van der Waals surface area contributed by atoms with Crippen molar-refractivity contribution in [3.05, 3.63) is 69.8 Å². The monoisotopic (exact) mass is 305 g/mol. The van der Waals surface area contributed by atoms with Crippen LogP contribution in [0.25, 0.3) is 0 Å². The molecule has 2 aromatic carbocycles. The van der Waals surface area contributed by atoms with E-state index < -0.39 is 11.1 Å². The summed E-state index contributed by atoms with van der Waals surface area (Å²) in [5.41, 5.74) is 0.898. The number of thiol groups is 1. The Morgan fingerprint density at radius 2 is 1.95 bits per heavy atom. The summed E-state index contributed by atoms with van der Waals surface area (Å²) in [6, 6.07) is 13.0. The lowest BCUT2D eigenvalue weighted by Gasteiger charge is -2.06. The maximum Gasteiger partial charge on any atom is 0.343 e. The topological polar surface area (TPSA) is 78.7 Å². The van der Waals surface area contributed by atoms with Crippen LogP contribution in [0.15, 0.2) is 53.4 Å². The molecule has 7 heteroatoms. The van der Waals surface area contributed by atoms with Gasteiger partial charge in [-0.15, -0.1) is 22.7 Å². The summed E-state index contributed by atoms with van der Waals surface area (Å²) in [4.78, 5) is 27.0. The fourth-order valence-electron chi connectivity index (χ4n) is 1.62. The van der Waals surface area contributed by atoms with Crippen LogP contribution in [0, 0.1) is 10.1 Å². The first-order valence-corrected chi connectivity index (χ1v) is 6.37. The third-order valence-corrected chi connectivity index (χ3v) is 2.81. The minimum absolute atomic E-state index is 0.204. The Bertz CT molecular complexity index is 674. The van der Waals surface area contributed by atoms with Crippen molar-refractivity contribution in [2.24, 2.45) is 0 Å². The van der Waals surface area contributed by atoms with Gasteiger partial charge in [-0.05, 0) is 35.9 Å². The van der Waals surface area contributed by atoms with Gasteiger partial charge in [-0.1, -0.05) is 18.2 Å². The lowest BCUT2D eigenvalue weighted by atomic mass is 10.2. The Morgan fingerprint density at radius 3 is 2.67 bits per heavy atom. The highest BCUT2D eigenvalue weighted by Gasteiger charge is 2.09. The molecule has 0 saturated heterocycles. The molecule has 0 N–H and O–H groups in total. The van der Waals surface area contributed by atoms with Gasteiger partial charge in [0.15, 0.2) is 0 Å². The average molecular weight is 305 g/mol. The quantitative estimate of drug-likeness (QED) is 0.302. The first-order valence-electron chi connectivity index (χ1n) is 5.92. The molecule has 108 valence electrons. The van der Waals surface area contributed by atoms with E-state index in [1.54, 1.807) is 42.5 Å².